The number of furan rings is 1. The zero-order valence-electron chi connectivity index (χ0n) is 12.2. The van der Waals surface area contributed by atoms with E-state index in [9.17, 15) is 9.59 Å². The lowest BCUT2D eigenvalue weighted by atomic mass is 10.1. The summed E-state index contributed by atoms with van der Waals surface area (Å²) < 4.78 is 5.59. The molecule has 2 amide bonds. The van der Waals surface area contributed by atoms with Gasteiger partial charge in [-0.3, -0.25) is 9.59 Å². The number of hydrogen-bond acceptors (Lipinski definition) is 3. The van der Waals surface area contributed by atoms with Crippen molar-refractivity contribution in [2.45, 2.75) is 0 Å². The third-order valence-electron chi connectivity index (χ3n) is 3.29. The lowest BCUT2D eigenvalue weighted by Crippen LogP contribution is -2.16. The molecule has 0 aliphatic rings. The van der Waals surface area contributed by atoms with Crippen molar-refractivity contribution in [3.8, 4) is 0 Å². The number of carbonyl (C=O) groups excluding carboxylic acids is 2. The summed E-state index contributed by atoms with van der Waals surface area (Å²) in [6.07, 6.45) is 2.91. The Kier molecular flexibility index (Phi) is 3.93. The molecule has 5 nitrogen and oxygen atoms in total. The number of carbonyl (C=O) groups is 2. The van der Waals surface area contributed by atoms with Gasteiger partial charge in [0.2, 0.25) is 5.91 Å². The van der Waals surface area contributed by atoms with Crippen molar-refractivity contribution < 1.29 is 14.0 Å². The Morgan fingerprint density at radius 1 is 1.04 bits per heavy atom. The fourth-order valence-electron chi connectivity index (χ4n) is 2.22. The molecule has 0 saturated carbocycles. The molecule has 5 heteroatoms. The van der Waals surface area contributed by atoms with Gasteiger partial charge in [0.15, 0.2) is 0 Å². The topological polar surface area (TPSA) is 85.3 Å². The fourth-order valence-corrected chi connectivity index (χ4v) is 2.22. The van der Waals surface area contributed by atoms with Crippen LogP contribution in [-0.4, -0.2) is 11.8 Å². The number of primary amides is 1. The van der Waals surface area contributed by atoms with Gasteiger partial charge < -0.3 is 15.5 Å². The van der Waals surface area contributed by atoms with E-state index in [0.29, 0.717) is 11.4 Å². The highest BCUT2D eigenvalue weighted by Gasteiger charge is 2.08. The van der Waals surface area contributed by atoms with E-state index in [1.54, 1.807) is 30.3 Å². The molecule has 3 rings (SSSR count). The summed E-state index contributed by atoms with van der Waals surface area (Å²) in [5.41, 5.74) is 6.67. The van der Waals surface area contributed by atoms with Crippen LogP contribution in [0.25, 0.3) is 17.0 Å². The van der Waals surface area contributed by atoms with E-state index < -0.39 is 5.91 Å². The van der Waals surface area contributed by atoms with Gasteiger partial charge in [0.1, 0.15) is 11.3 Å². The number of fused-ring (bicyclic) bond motifs is 1. The van der Waals surface area contributed by atoms with Crippen molar-refractivity contribution >= 4 is 34.5 Å². The largest absolute Gasteiger partial charge is 0.457 e. The van der Waals surface area contributed by atoms with Crippen LogP contribution in [-0.2, 0) is 4.79 Å². The first-order valence-corrected chi connectivity index (χ1v) is 7.00. The van der Waals surface area contributed by atoms with Crippen molar-refractivity contribution in [2.24, 2.45) is 5.73 Å². The predicted molar refractivity (Wildman–Crippen MR) is 88.8 cm³/mol. The minimum Gasteiger partial charge on any atom is -0.457 e. The van der Waals surface area contributed by atoms with Crippen LogP contribution in [0.15, 0.2) is 65.1 Å². The number of amides is 2. The normalized spacial score (nSPS) is 11.0. The molecular weight excluding hydrogens is 292 g/mol. The van der Waals surface area contributed by atoms with Gasteiger partial charge in [0.25, 0.3) is 5.91 Å². The predicted octanol–water partition coefficient (Wildman–Crippen LogP) is 3.18. The highest BCUT2D eigenvalue weighted by atomic mass is 16.3. The van der Waals surface area contributed by atoms with E-state index in [0.717, 1.165) is 11.0 Å². The highest BCUT2D eigenvalue weighted by Crippen LogP contribution is 2.20. The monoisotopic (exact) mass is 306 g/mol. The number of nitrogens with one attached hydrogen (secondary N) is 1. The summed E-state index contributed by atoms with van der Waals surface area (Å²) in [7, 11) is 0. The Balaban J connectivity index is 1.75. The third-order valence-corrected chi connectivity index (χ3v) is 3.29. The molecule has 114 valence electrons. The Labute approximate surface area is 132 Å². The van der Waals surface area contributed by atoms with E-state index in [4.69, 9.17) is 10.2 Å². The molecule has 0 spiro atoms. The minimum absolute atomic E-state index is 0.262. The van der Waals surface area contributed by atoms with Crippen molar-refractivity contribution in [3.63, 3.8) is 0 Å². The minimum atomic E-state index is -0.595. The first-order chi connectivity index (χ1) is 11.1. The molecule has 3 aromatic rings. The molecule has 0 bridgehead atoms. The molecule has 2 aromatic carbocycles. The van der Waals surface area contributed by atoms with Crippen LogP contribution in [0.1, 0.15) is 16.1 Å². The molecule has 0 aliphatic heterocycles. The second-order valence-corrected chi connectivity index (χ2v) is 4.92. The summed E-state index contributed by atoms with van der Waals surface area (Å²) in [5, 5.41) is 3.59. The number of para-hydroxylation sites is 2. The number of nitrogens with two attached hydrogens (primary N) is 1. The molecule has 1 heterocycles. The van der Waals surface area contributed by atoms with Crippen LogP contribution < -0.4 is 11.1 Å². The Hall–Kier alpha value is -3.34. The Bertz CT molecular complexity index is 876. The van der Waals surface area contributed by atoms with Gasteiger partial charge in [-0.1, -0.05) is 30.3 Å². The van der Waals surface area contributed by atoms with Crippen molar-refractivity contribution in [1.82, 2.24) is 0 Å². The SMILES string of the molecule is NC(=O)c1ccccc1NC(=O)/C=C/c1cc2ccccc2o1. The molecule has 0 aliphatic carbocycles. The molecule has 0 unspecified atom stereocenters. The highest BCUT2D eigenvalue weighted by molar-refractivity contribution is 6.07. The molecule has 1 aromatic heterocycles. The smallest absolute Gasteiger partial charge is 0.250 e. The quantitative estimate of drug-likeness (QED) is 0.726. The third kappa shape index (κ3) is 3.29. The average molecular weight is 306 g/mol. The van der Waals surface area contributed by atoms with E-state index in [-0.39, 0.29) is 11.5 Å². The maximum absolute atomic E-state index is 12.0. The lowest BCUT2D eigenvalue weighted by molar-refractivity contribution is -0.111. The molecular formula is C18H14N2O3. The van der Waals surface area contributed by atoms with Gasteiger partial charge in [-0.2, -0.15) is 0 Å². The van der Waals surface area contributed by atoms with Gasteiger partial charge in [-0.15, -0.1) is 0 Å². The van der Waals surface area contributed by atoms with Crippen LogP contribution in [0, 0.1) is 0 Å². The molecule has 0 fully saturated rings. The zero-order chi connectivity index (χ0) is 16.2. The summed E-state index contributed by atoms with van der Waals surface area (Å²) in [6.45, 7) is 0. The van der Waals surface area contributed by atoms with E-state index in [2.05, 4.69) is 5.32 Å². The van der Waals surface area contributed by atoms with Crippen molar-refractivity contribution in [3.05, 3.63) is 72.0 Å². The second-order valence-electron chi connectivity index (χ2n) is 4.92. The maximum atomic E-state index is 12.0. The molecule has 23 heavy (non-hydrogen) atoms. The van der Waals surface area contributed by atoms with Gasteiger partial charge in [0.05, 0.1) is 11.3 Å². The van der Waals surface area contributed by atoms with Crippen molar-refractivity contribution in [2.75, 3.05) is 5.32 Å². The molecule has 0 saturated heterocycles. The Morgan fingerprint density at radius 3 is 2.57 bits per heavy atom. The molecule has 3 N–H and O–H groups in total. The molecule has 0 atom stereocenters. The summed E-state index contributed by atoms with van der Waals surface area (Å²) >= 11 is 0. The van der Waals surface area contributed by atoms with Gasteiger partial charge >= 0.3 is 0 Å². The van der Waals surface area contributed by atoms with Crippen LogP contribution in [0.4, 0.5) is 5.69 Å². The van der Waals surface area contributed by atoms with Gasteiger partial charge in [0, 0.05) is 11.5 Å². The van der Waals surface area contributed by atoms with Crippen LogP contribution >= 0.6 is 0 Å². The number of rotatable bonds is 4. The van der Waals surface area contributed by atoms with Crippen molar-refractivity contribution in [1.29, 1.82) is 0 Å². The first-order valence-electron chi connectivity index (χ1n) is 7.00. The standard InChI is InChI=1S/C18H14N2O3/c19-18(22)14-6-2-3-7-15(14)20-17(21)10-9-13-11-12-5-1-4-8-16(12)23-13/h1-11H,(H2,19,22)(H,20,21)/b10-9+. The number of hydrogen-bond donors (Lipinski definition) is 2. The average Bonchev–Trinajstić information content (AvgIpc) is 2.96. The van der Waals surface area contributed by atoms with E-state index >= 15 is 0 Å². The maximum Gasteiger partial charge on any atom is 0.250 e. The molecule has 0 radical (unpaired) electrons. The van der Waals surface area contributed by atoms with Gasteiger partial charge in [-0.25, -0.2) is 0 Å². The second kappa shape index (κ2) is 6.19. The van der Waals surface area contributed by atoms with E-state index in [1.807, 2.05) is 30.3 Å². The Morgan fingerprint density at radius 2 is 1.78 bits per heavy atom. The number of anilines is 1. The first kappa shape index (κ1) is 14.6. The summed E-state index contributed by atoms with van der Waals surface area (Å²) in [4.78, 5) is 23.3. The van der Waals surface area contributed by atoms with Crippen LogP contribution in [0.5, 0.6) is 0 Å². The fraction of sp³-hybridized carbons (Fsp3) is 0. The lowest BCUT2D eigenvalue weighted by Gasteiger charge is -2.06. The summed E-state index contributed by atoms with van der Waals surface area (Å²) in [6, 6.07) is 16.0. The van der Waals surface area contributed by atoms with Crippen LogP contribution in [0.3, 0.4) is 0 Å². The summed E-state index contributed by atoms with van der Waals surface area (Å²) in [5.74, 6) is -0.397. The number of benzene rings is 2. The van der Waals surface area contributed by atoms with Crippen LogP contribution in [0.2, 0.25) is 0 Å². The zero-order valence-corrected chi connectivity index (χ0v) is 12.2. The van der Waals surface area contributed by atoms with E-state index in [1.165, 1.54) is 6.08 Å². The van der Waals surface area contributed by atoms with Gasteiger partial charge in [-0.05, 0) is 30.3 Å².